The highest BCUT2D eigenvalue weighted by Crippen LogP contribution is 2.45. The molecular formula is C19H30N7O8P. The lowest BCUT2D eigenvalue weighted by Gasteiger charge is -2.23. The number of amides is 1. The number of rotatable bonds is 10. The molecule has 2 saturated heterocycles. The average Bonchev–Trinajstić information content (AvgIpc) is 3.53. The molecule has 0 aliphatic carbocycles. The minimum Gasteiger partial charge on any atom is -0.387 e. The van der Waals surface area contributed by atoms with Crippen molar-refractivity contribution in [2.24, 2.45) is 0 Å². The molecule has 0 radical (unpaired) electrons. The number of hydrogen-bond donors (Lipinski definition) is 6. The van der Waals surface area contributed by atoms with Gasteiger partial charge in [-0.25, -0.2) is 23.9 Å². The Balaban J connectivity index is 1.48. The minimum absolute atomic E-state index is 0.0245. The second-order valence-corrected chi connectivity index (χ2v) is 10.1. The van der Waals surface area contributed by atoms with Crippen LogP contribution >= 0.6 is 7.75 Å². The number of nitrogens with zero attached hydrogens (tertiary/aromatic N) is 3. The topological polar surface area (TPSA) is 216 Å². The minimum atomic E-state index is -4.12. The van der Waals surface area contributed by atoms with Crippen molar-refractivity contribution in [2.75, 3.05) is 25.5 Å². The quantitative estimate of drug-likeness (QED) is 0.168. The number of carbonyl (C=O) groups is 1. The lowest BCUT2D eigenvalue weighted by atomic mass is 10.1. The Labute approximate surface area is 199 Å². The lowest BCUT2D eigenvalue weighted by Crippen LogP contribution is -2.40. The molecule has 1 amide bonds. The van der Waals surface area contributed by atoms with Crippen molar-refractivity contribution in [2.45, 2.75) is 63.2 Å². The van der Waals surface area contributed by atoms with E-state index in [0.29, 0.717) is 19.4 Å². The van der Waals surface area contributed by atoms with Crippen molar-refractivity contribution in [3.05, 3.63) is 16.8 Å². The SMILES string of the molecule is CCCCOP(=O)(NC(=O)[C@@H]1CCCN1)OC[C@H]1O[C@@H](n2c(=O)[nH]c3c(N)ncnc32)[C@H](O)[C@@H]1O. The fourth-order valence-electron chi connectivity index (χ4n) is 4.00. The van der Waals surface area contributed by atoms with E-state index in [4.69, 9.17) is 19.5 Å². The van der Waals surface area contributed by atoms with Gasteiger partial charge in [0.05, 0.1) is 19.3 Å². The van der Waals surface area contributed by atoms with Gasteiger partial charge in [0.25, 0.3) is 0 Å². The monoisotopic (exact) mass is 515 g/mol. The second kappa shape index (κ2) is 10.7. The van der Waals surface area contributed by atoms with Crippen LogP contribution in [0.25, 0.3) is 11.2 Å². The zero-order chi connectivity index (χ0) is 25.2. The smallest absolute Gasteiger partial charge is 0.387 e. The van der Waals surface area contributed by atoms with E-state index in [-0.39, 0.29) is 23.6 Å². The normalized spacial score (nSPS) is 28.4. The van der Waals surface area contributed by atoms with Gasteiger partial charge in [0, 0.05) is 0 Å². The standard InChI is InChI=1S/C19H30N7O8P/c1-2-3-7-32-35(31,25-17(29)10-5-4-6-21-10)33-8-11-13(27)14(28)18(34-11)26-16-12(24-19(26)30)15(20)22-9-23-16/h9-11,13-14,18,21,27-28H,2-8H2,1H3,(H,24,30)(H2,20,22,23)(H,25,29,31)/t10-,11+,13+,14+,18+,35?/m0/s1. The number of fused-ring (bicyclic) bond motifs is 1. The average molecular weight is 515 g/mol. The number of hydrogen-bond acceptors (Lipinski definition) is 12. The van der Waals surface area contributed by atoms with E-state index < -0.39 is 56.5 Å². The number of H-pyrrole nitrogens is 1. The van der Waals surface area contributed by atoms with Crippen molar-refractivity contribution in [1.82, 2.24) is 29.9 Å². The van der Waals surface area contributed by atoms with Crippen LogP contribution in [0.1, 0.15) is 38.8 Å². The lowest BCUT2D eigenvalue weighted by molar-refractivity contribution is -0.121. The van der Waals surface area contributed by atoms with Crippen LogP contribution in [0, 0.1) is 0 Å². The Hall–Kier alpha value is -2.39. The third-order valence-corrected chi connectivity index (χ3v) is 7.42. The Kier molecular flexibility index (Phi) is 7.86. The van der Waals surface area contributed by atoms with Crippen LogP contribution in [0.5, 0.6) is 0 Å². The third kappa shape index (κ3) is 5.40. The zero-order valence-corrected chi connectivity index (χ0v) is 20.0. The van der Waals surface area contributed by atoms with E-state index >= 15 is 0 Å². The van der Waals surface area contributed by atoms with Crippen LogP contribution in [-0.2, 0) is 23.1 Å². The van der Waals surface area contributed by atoms with Gasteiger partial charge in [0.15, 0.2) is 17.7 Å². The molecule has 2 aromatic rings. The number of anilines is 1. The van der Waals surface area contributed by atoms with Gasteiger partial charge < -0.3 is 31.0 Å². The van der Waals surface area contributed by atoms with Crippen LogP contribution in [-0.4, -0.2) is 79.8 Å². The van der Waals surface area contributed by atoms with Gasteiger partial charge in [0.1, 0.15) is 30.2 Å². The predicted octanol–water partition coefficient (Wildman–Crippen LogP) is -0.869. The Morgan fingerprint density at radius 3 is 2.89 bits per heavy atom. The summed E-state index contributed by atoms with van der Waals surface area (Å²) in [5.41, 5.74) is 5.31. The van der Waals surface area contributed by atoms with Crippen LogP contribution in [0.4, 0.5) is 5.82 Å². The number of aromatic amines is 1. The maximum Gasteiger partial charge on any atom is 0.435 e. The number of aliphatic hydroxyl groups excluding tert-OH is 2. The number of unbranched alkanes of at least 4 members (excludes halogenated alkanes) is 1. The summed E-state index contributed by atoms with van der Waals surface area (Å²) in [4.78, 5) is 35.3. The summed E-state index contributed by atoms with van der Waals surface area (Å²) >= 11 is 0. The van der Waals surface area contributed by atoms with Gasteiger partial charge in [-0.3, -0.25) is 18.9 Å². The molecule has 35 heavy (non-hydrogen) atoms. The Morgan fingerprint density at radius 2 is 2.17 bits per heavy atom. The summed E-state index contributed by atoms with van der Waals surface area (Å²) in [6.45, 7) is 2.18. The molecule has 0 saturated carbocycles. The molecule has 0 spiro atoms. The van der Waals surface area contributed by atoms with Crippen molar-refractivity contribution in [3.8, 4) is 0 Å². The number of imidazole rings is 1. The highest BCUT2D eigenvalue weighted by molar-refractivity contribution is 7.52. The first-order chi connectivity index (χ1) is 16.7. The van der Waals surface area contributed by atoms with E-state index in [1.54, 1.807) is 0 Å². The third-order valence-electron chi connectivity index (χ3n) is 5.92. The molecule has 15 nitrogen and oxygen atoms in total. The summed E-state index contributed by atoms with van der Waals surface area (Å²) in [5, 5.41) is 26.5. The zero-order valence-electron chi connectivity index (χ0n) is 19.1. The van der Waals surface area contributed by atoms with Crippen LogP contribution in [0.3, 0.4) is 0 Å². The van der Waals surface area contributed by atoms with E-state index in [2.05, 4.69) is 25.4 Å². The largest absolute Gasteiger partial charge is 0.435 e. The molecule has 4 rings (SSSR count). The first-order valence-electron chi connectivity index (χ1n) is 11.4. The van der Waals surface area contributed by atoms with Gasteiger partial charge in [-0.05, 0) is 25.8 Å². The number of nitrogens with one attached hydrogen (secondary N) is 3. The molecule has 2 aliphatic heterocycles. The van der Waals surface area contributed by atoms with Gasteiger partial charge >= 0.3 is 13.4 Å². The fourth-order valence-corrected chi connectivity index (χ4v) is 5.34. The molecular weight excluding hydrogens is 485 g/mol. The van der Waals surface area contributed by atoms with E-state index in [1.165, 1.54) is 0 Å². The molecule has 0 bridgehead atoms. The molecule has 16 heteroatoms. The van der Waals surface area contributed by atoms with Gasteiger partial charge in [0.2, 0.25) is 5.91 Å². The number of aliphatic hydroxyl groups is 2. The molecule has 0 aromatic carbocycles. The molecule has 2 aliphatic rings. The number of nitrogen functional groups attached to an aromatic ring is 1. The number of ether oxygens (including phenoxy) is 1. The van der Waals surface area contributed by atoms with Crippen molar-refractivity contribution in [3.63, 3.8) is 0 Å². The van der Waals surface area contributed by atoms with Crippen LogP contribution in [0.15, 0.2) is 11.1 Å². The summed E-state index contributed by atoms with van der Waals surface area (Å²) in [6, 6.07) is -0.510. The van der Waals surface area contributed by atoms with Crippen LogP contribution < -0.4 is 21.8 Å². The number of carbonyl (C=O) groups excluding carboxylic acids is 1. The van der Waals surface area contributed by atoms with Gasteiger partial charge in [-0.2, -0.15) is 0 Å². The van der Waals surface area contributed by atoms with Gasteiger partial charge in [-0.1, -0.05) is 13.3 Å². The molecule has 6 atom stereocenters. The Bertz CT molecular complexity index is 1150. The van der Waals surface area contributed by atoms with E-state index in [9.17, 15) is 24.4 Å². The second-order valence-electron chi connectivity index (χ2n) is 8.41. The first-order valence-corrected chi connectivity index (χ1v) is 12.9. The van der Waals surface area contributed by atoms with Crippen LogP contribution in [0.2, 0.25) is 0 Å². The molecule has 7 N–H and O–H groups in total. The Morgan fingerprint density at radius 1 is 1.37 bits per heavy atom. The van der Waals surface area contributed by atoms with Gasteiger partial charge in [-0.15, -0.1) is 0 Å². The highest BCUT2D eigenvalue weighted by atomic mass is 31.2. The summed E-state index contributed by atoms with van der Waals surface area (Å²) < 4.78 is 30.8. The van der Waals surface area contributed by atoms with E-state index in [1.807, 2.05) is 6.92 Å². The van der Waals surface area contributed by atoms with Crippen molar-refractivity contribution < 1.29 is 33.4 Å². The molecule has 1 unspecified atom stereocenters. The summed E-state index contributed by atoms with van der Waals surface area (Å²) in [6.07, 6.45) is -1.69. The maximum absolute atomic E-state index is 13.3. The molecule has 194 valence electrons. The fraction of sp³-hybridized carbons (Fsp3) is 0.684. The van der Waals surface area contributed by atoms with E-state index in [0.717, 1.165) is 23.7 Å². The molecule has 4 heterocycles. The molecule has 2 fully saturated rings. The predicted molar refractivity (Wildman–Crippen MR) is 122 cm³/mol. The summed E-state index contributed by atoms with van der Waals surface area (Å²) in [7, 11) is -4.12. The van der Waals surface area contributed by atoms with Crippen molar-refractivity contribution in [1.29, 1.82) is 0 Å². The number of nitrogens with two attached hydrogens (primary N) is 1. The highest BCUT2D eigenvalue weighted by Gasteiger charge is 2.46. The van der Waals surface area contributed by atoms with Crippen molar-refractivity contribution >= 4 is 30.6 Å². The molecule has 2 aromatic heterocycles. The first kappa shape index (κ1) is 25.7. The summed E-state index contributed by atoms with van der Waals surface area (Å²) in [5.74, 6) is -0.493. The number of aromatic nitrogens is 4. The maximum atomic E-state index is 13.3.